The minimum absolute atomic E-state index is 0.0262. The number of benzene rings is 1. The summed E-state index contributed by atoms with van der Waals surface area (Å²) in [5.74, 6) is -0.0132. The minimum Gasteiger partial charge on any atom is -0.369 e. The fraction of sp³-hybridized carbons (Fsp3) is 0.409. The van der Waals surface area contributed by atoms with Crippen LogP contribution in [0.25, 0.3) is 5.69 Å². The van der Waals surface area contributed by atoms with Crippen LogP contribution in [0.3, 0.4) is 0 Å². The van der Waals surface area contributed by atoms with Crippen LogP contribution in [0.5, 0.6) is 0 Å². The number of aromatic nitrogens is 1. The molecule has 0 atom stereocenters. The van der Waals surface area contributed by atoms with E-state index in [1.54, 1.807) is 6.21 Å². The van der Waals surface area contributed by atoms with Gasteiger partial charge in [0.2, 0.25) is 5.96 Å². The van der Waals surface area contributed by atoms with E-state index in [0.717, 1.165) is 11.4 Å². The first-order valence-corrected chi connectivity index (χ1v) is 9.57. The van der Waals surface area contributed by atoms with E-state index in [0.29, 0.717) is 18.5 Å². The van der Waals surface area contributed by atoms with Crippen molar-refractivity contribution in [1.82, 2.24) is 4.57 Å². The number of nitrogens with two attached hydrogens (primary N) is 2. The van der Waals surface area contributed by atoms with Gasteiger partial charge in [-0.2, -0.15) is 5.10 Å². The van der Waals surface area contributed by atoms with Gasteiger partial charge in [-0.3, -0.25) is 4.79 Å². The van der Waals surface area contributed by atoms with Crippen molar-refractivity contribution in [3.8, 4) is 5.69 Å². The van der Waals surface area contributed by atoms with Crippen molar-refractivity contribution in [3.63, 3.8) is 0 Å². The smallest absolute Gasteiger partial charge is 0.211 e. The van der Waals surface area contributed by atoms with Crippen molar-refractivity contribution in [3.05, 3.63) is 53.3 Å². The summed E-state index contributed by atoms with van der Waals surface area (Å²) in [7, 11) is 0. The Balaban J connectivity index is 2.44. The van der Waals surface area contributed by atoms with Gasteiger partial charge in [0.25, 0.3) is 0 Å². The topological polar surface area (TPSA) is 98.8 Å². The van der Waals surface area contributed by atoms with E-state index in [4.69, 9.17) is 11.5 Å². The summed E-state index contributed by atoms with van der Waals surface area (Å²) in [5.41, 5.74) is 14.5. The lowest BCUT2D eigenvalue weighted by Gasteiger charge is -2.21. The maximum atomic E-state index is 12.8. The summed E-state index contributed by atoms with van der Waals surface area (Å²) in [6, 6.07) is 12.3. The minimum atomic E-state index is -0.0734. The summed E-state index contributed by atoms with van der Waals surface area (Å²) in [6.45, 7) is 10.4. The zero-order valence-electron chi connectivity index (χ0n) is 17.4. The van der Waals surface area contributed by atoms with Gasteiger partial charge in [0.15, 0.2) is 5.78 Å². The zero-order chi connectivity index (χ0) is 20.9. The van der Waals surface area contributed by atoms with E-state index in [2.05, 4.69) is 47.7 Å². The molecule has 6 nitrogen and oxygen atoms in total. The molecule has 0 amide bonds. The highest BCUT2D eigenvalue weighted by atomic mass is 16.1. The average Bonchev–Trinajstić information content (AvgIpc) is 3.03. The Kier molecular flexibility index (Phi) is 6.78. The maximum Gasteiger partial charge on any atom is 0.211 e. The molecule has 1 aromatic heterocycles. The Morgan fingerprint density at radius 1 is 1.18 bits per heavy atom. The molecule has 6 heteroatoms. The molecule has 0 aliphatic heterocycles. The lowest BCUT2D eigenvalue weighted by atomic mass is 9.87. The summed E-state index contributed by atoms with van der Waals surface area (Å²) in [6.07, 6.45) is 3.05. The van der Waals surface area contributed by atoms with Gasteiger partial charge in [-0.15, -0.1) is 5.10 Å². The number of ketones is 1. The fourth-order valence-corrected chi connectivity index (χ4v) is 2.96. The third-order valence-corrected chi connectivity index (χ3v) is 4.49. The van der Waals surface area contributed by atoms with Crippen molar-refractivity contribution in [1.29, 1.82) is 0 Å². The maximum absolute atomic E-state index is 12.8. The van der Waals surface area contributed by atoms with Crippen LogP contribution in [0.15, 0.2) is 46.6 Å². The Bertz CT molecular complexity index is 881. The number of hydrogen-bond donors (Lipinski definition) is 2. The van der Waals surface area contributed by atoms with Crippen LogP contribution in [-0.2, 0) is 11.8 Å². The molecule has 0 aliphatic rings. The van der Waals surface area contributed by atoms with Gasteiger partial charge in [-0.25, -0.2) is 0 Å². The largest absolute Gasteiger partial charge is 0.369 e. The van der Waals surface area contributed by atoms with E-state index in [-0.39, 0.29) is 23.1 Å². The predicted molar refractivity (Wildman–Crippen MR) is 116 cm³/mol. The molecule has 0 bridgehead atoms. The molecule has 2 aromatic rings. The molecular weight excluding hydrogens is 350 g/mol. The summed E-state index contributed by atoms with van der Waals surface area (Å²) >= 11 is 0. The number of carbonyl (C=O) groups excluding carboxylic acids is 1. The lowest BCUT2D eigenvalue weighted by Crippen LogP contribution is -2.21. The molecule has 150 valence electrons. The van der Waals surface area contributed by atoms with Crippen LogP contribution in [0.2, 0.25) is 0 Å². The number of nitrogens with zero attached hydrogens (tertiary/aromatic N) is 3. The van der Waals surface area contributed by atoms with Gasteiger partial charge in [-0.05, 0) is 48.1 Å². The van der Waals surface area contributed by atoms with Gasteiger partial charge in [0.1, 0.15) is 0 Å². The monoisotopic (exact) mass is 381 g/mol. The van der Waals surface area contributed by atoms with Crippen LogP contribution in [0.4, 0.5) is 0 Å². The van der Waals surface area contributed by atoms with Gasteiger partial charge in [-0.1, -0.05) is 46.8 Å². The second kappa shape index (κ2) is 8.87. The normalized spacial score (nSPS) is 11.9. The second-order valence-corrected chi connectivity index (χ2v) is 8.23. The Hall–Kier alpha value is -2.89. The van der Waals surface area contributed by atoms with Crippen LogP contribution >= 0.6 is 0 Å². The first-order valence-electron chi connectivity index (χ1n) is 9.57. The number of rotatable bonds is 7. The molecule has 0 fully saturated rings. The van der Waals surface area contributed by atoms with Crippen molar-refractivity contribution >= 4 is 18.0 Å². The number of carbonyl (C=O) groups is 1. The van der Waals surface area contributed by atoms with Crippen molar-refractivity contribution < 1.29 is 4.79 Å². The molecule has 0 unspecified atom stereocenters. The Morgan fingerprint density at radius 3 is 2.50 bits per heavy atom. The quantitative estimate of drug-likeness (QED) is 0.330. The third kappa shape index (κ3) is 5.31. The van der Waals surface area contributed by atoms with E-state index in [1.807, 2.05) is 38.1 Å². The Labute approximate surface area is 167 Å². The highest BCUT2D eigenvalue weighted by Crippen LogP contribution is 2.27. The van der Waals surface area contributed by atoms with E-state index < -0.39 is 0 Å². The van der Waals surface area contributed by atoms with Gasteiger partial charge >= 0.3 is 0 Å². The molecular formula is C22H31N5O. The highest BCUT2D eigenvalue weighted by Gasteiger charge is 2.20. The lowest BCUT2D eigenvalue weighted by molar-refractivity contribution is 0.0932. The van der Waals surface area contributed by atoms with Crippen molar-refractivity contribution in [2.45, 2.75) is 52.9 Å². The van der Waals surface area contributed by atoms with Gasteiger partial charge < -0.3 is 16.0 Å². The highest BCUT2D eigenvalue weighted by molar-refractivity contribution is 5.96. The first-order chi connectivity index (χ1) is 13.1. The summed E-state index contributed by atoms with van der Waals surface area (Å²) < 4.78 is 2.06. The van der Waals surface area contributed by atoms with Crippen LogP contribution in [0.1, 0.15) is 62.8 Å². The summed E-state index contributed by atoms with van der Waals surface area (Å²) in [5, 5.41) is 7.45. The van der Waals surface area contributed by atoms with E-state index in [1.165, 1.54) is 5.56 Å². The second-order valence-electron chi connectivity index (χ2n) is 8.23. The molecule has 0 radical (unpaired) electrons. The summed E-state index contributed by atoms with van der Waals surface area (Å²) in [4.78, 5) is 12.8. The Morgan fingerprint density at radius 2 is 1.89 bits per heavy atom. The molecule has 0 saturated heterocycles. The number of aryl methyl sites for hydroxylation is 1. The molecule has 0 spiro atoms. The molecule has 28 heavy (non-hydrogen) atoms. The molecule has 1 aromatic carbocycles. The predicted octanol–water partition coefficient (Wildman–Crippen LogP) is 3.81. The van der Waals surface area contributed by atoms with Gasteiger partial charge in [0.05, 0.1) is 5.69 Å². The average molecular weight is 382 g/mol. The molecule has 2 rings (SSSR count). The standard InChI is InChI=1S/C22H31N5O/c1-15(2)20(28)19-12-11-17(10-7-13-25-26-21(23)24)27(19)18-9-6-8-16(14-18)22(3,4)5/h6,8-9,11-15H,7,10H2,1-5H3,(H4,23,24,26)/b25-13+. The van der Waals surface area contributed by atoms with Crippen LogP contribution in [0, 0.1) is 5.92 Å². The molecule has 4 N–H and O–H groups in total. The SMILES string of the molecule is CC(C)C(=O)c1ccc(CC/C=N/N=C(N)N)n1-c1cccc(C(C)(C)C)c1. The van der Waals surface area contributed by atoms with Crippen molar-refractivity contribution in [2.75, 3.05) is 0 Å². The molecule has 1 heterocycles. The van der Waals surface area contributed by atoms with Crippen LogP contribution in [-0.4, -0.2) is 22.5 Å². The first kappa shape index (κ1) is 21.4. The third-order valence-electron chi connectivity index (χ3n) is 4.49. The fourth-order valence-electron chi connectivity index (χ4n) is 2.96. The molecule has 0 aliphatic carbocycles. The number of hydrogen-bond acceptors (Lipinski definition) is 3. The van der Waals surface area contributed by atoms with Crippen molar-refractivity contribution in [2.24, 2.45) is 27.6 Å². The van der Waals surface area contributed by atoms with E-state index >= 15 is 0 Å². The number of guanidine groups is 1. The van der Waals surface area contributed by atoms with Gasteiger partial charge in [0, 0.05) is 23.5 Å². The van der Waals surface area contributed by atoms with Crippen LogP contribution < -0.4 is 11.5 Å². The molecule has 0 saturated carbocycles. The van der Waals surface area contributed by atoms with E-state index in [9.17, 15) is 4.79 Å². The number of Topliss-reactive ketones (excluding diaryl/α,β-unsaturated/α-hetero) is 1. The zero-order valence-corrected chi connectivity index (χ0v) is 17.4.